The quantitative estimate of drug-likeness (QED) is 0.144. The fraction of sp³-hybridized carbons (Fsp3) is 0.667. The average molecular weight is 678 g/mol. The third kappa shape index (κ3) is 12.1. The lowest BCUT2D eigenvalue weighted by Crippen LogP contribution is -2.51. The number of nitriles is 1. The fourth-order valence-electron chi connectivity index (χ4n) is 6.43. The Kier molecular flexibility index (Phi) is 15.7. The summed E-state index contributed by atoms with van der Waals surface area (Å²) in [6, 6.07) is 9.07. The standard InChI is InChI=1S/C39H63N7O3/c1-13-19-26(5)28(14-2)23-45(24-29(15-3)41-38(7,8)9)35(47)31-20-17-18-21-33(31)43-44-34-27(6)32(22-40)36(48)46(37(34)49)25-30(16-4)42-39(10,11)12/h17-18,20-21,26,28-30,41-42,48H,13-16,19,23-25H2,1-12H3. The van der Waals surface area contributed by atoms with Crippen LogP contribution in [0.2, 0.25) is 0 Å². The number of carbonyl (C=O) groups excluding carboxylic acids is 1. The first-order chi connectivity index (χ1) is 22.9. The highest BCUT2D eigenvalue weighted by Crippen LogP contribution is 2.30. The van der Waals surface area contributed by atoms with E-state index in [1.807, 2.05) is 44.7 Å². The van der Waals surface area contributed by atoms with E-state index in [1.54, 1.807) is 25.1 Å². The topological polar surface area (TPSA) is 135 Å². The van der Waals surface area contributed by atoms with Crippen LogP contribution in [0.4, 0.5) is 11.4 Å². The zero-order chi connectivity index (χ0) is 37.1. The normalized spacial score (nSPS) is 14.8. The molecular weight excluding hydrogens is 614 g/mol. The maximum atomic E-state index is 14.5. The largest absolute Gasteiger partial charge is 0.493 e. The second-order valence-corrected chi connectivity index (χ2v) is 15.6. The number of amides is 1. The molecule has 1 amide bonds. The Balaban J connectivity index is 2.63. The summed E-state index contributed by atoms with van der Waals surface area (Å²) >= 11 is 0. The third-order valence-electron chi connectivity index (χ3n) is 9.08. The molecule has 272 valence electrons. The lowest BCUT2D eigenvalue weighted by atomic mass is 9.87. The van der Waals surface area contributed by atoms with E-state index in [0.29, 0.717) is 42.6 Å². The summed E-state index contributed by atoms with van der Waals surface area (Å²) in [6.45, 7) is 26.2. The van der Waals surface area contributed by atoms with Crippen LogP contribution < -0.4 is 16.2 Å². The molecule has 1 aromatic heterocycles. The molecule has 4 atom stereocenters. The predicted molar refractivity (Wildman–Crippen MR) is 200 cm³/mol. The molecule has 3 N–H and O–H groups in total. The Hall–Kier alpha value is -3.55. The second kappa shape index (κ2) is 18.4. The van der Waals surface area contributed by atoms with E-state index < -0.39 is 5.56 Å². The maximum Gasteiger partial charge on any atom is 0.281 e. The summed E-state index contributed by atoms with van der Waals surface area (Å²) in [5.41, 5.74) is 0.0134. The van der Waals surface area contributed by atoms with Gasteiger partial charge in [-0.05, 0) is 85.3 Å². The van der Waals surface area contributed by atoms with Gasteiger partial charge in [0.25, 0.3) is 11.5 Å². The van der Waals surface area contributed by atoms with Crippen LogP contribution in [0.5, 0.6) is 5.88 Å². The van der Waals surface area contributed by atoms with Gasteiger partial charge >= 0.3 is 0 Å². The highest BCUT2D eigenvalue weighted by atomic mass is 16.3. The van der Waals surface area contributed by atoms with E-state index in [0.717, 1.165) is 25.7 Å². The van der Waals surface area contributed by atoms with Crippen LogP contribution in [0.15, 0.2) is 39.3 Å². The maximum absolute atomic E-state index is 14.5. The monoisotopic (exact) mass is 677 g/mol. The Morgan fingerprint density at radius 3 is 2.08 bits per heavy atom. The molecule has 0 bridgehead atoms. The molecule has 0 aliphatic carbocycles. The summed E-state index contributed by atoms with van der Waals surface area (Å²) in [7, 11) is 0. The molecule has 49 heavy (non-hydrogen) atoms. The second-order valence-electron chi connectivity index (χ2n) is 15.6. The van der Waals surface area contributed by atoms with Gasteiger partial charge in [0.1, 0.15) is 11.6 Å². The number of nitrogens with zero attached hydrogens (tertiary/aromatic N) is 5. The van der Waals surface area contributed by atoms with Crippen molar-refractivity contribution >= 4 is 17.3 Å². The van der Waals surface area contributed by atoms with Gasteiger partial charge in [-0.25, -0.2) is 0 Å². The van der Waals surface area contributed by atoms with E-state index in [4.69, 9.17) is 0 Å². The first-order valence-electron chi connectivity index (χ1n) is 18.1. The van der Waals surface area contributed by atoms with Crippen LogP contribution in [-0.4, -0.2) is 56.7 Å². The lowest BCUT2D eigenvalue weighted by molar-refractivity contribution is 0.0674. The van der Waals surface area contributed by atoms with Crippen LogP contribution in [0, 0.1) is 30.1 Å². The number of pyridine rings is 1. The van der Waals surface area contributed by atoms with Gasteiger partial charge in [0.05, 0.1) is 11.3 Å². The van der Waals surface area contributed by atoms with E-state index in [2.05, 4.69) is 69.3 Å². The van der Waals surface area contributed by atoms with Crippen LogP contribution in [0.1, 0.15) is 130 Å². The van der Waals surface area contributed by atoms with Crippen molar-refractivity contribution in [3.63, 3.8) is 0 Å². The minimum Gasteiger partial charge on any atom is -0.493 e. The first kappa shape index (κ1) is 41.6. The van der Waals surface area contributed by atoms with Crippen molar-refractivity contribution in [2.24, 2.45) is 22.1 Å². The Labute approximate surface area is 295 Å². The van der Waals surface area contributed by atoms with Crippen molar-refractivity contribution in [3.05, 3.63) is 51.3 Å². The van der Waals surface area contributed by atoms with E-state index >= 15 is 0 Å². The predicted octanol–water partition coefficient (Wildman–Crippen LogP) is 8.39. The average Bonchev–Trinajstić information content (AvgIpc) is 3.02. The molecule has 0 aliphatic rings. The molecule has 0 saturated heterocycles. The lowest BCUT2D eigenvalue weighted by Gasteiger charge is -2.35. The number of carbonyl (C=O) groups is 1. The van der Waals surface area contributed by atoms with Gasteiger partial charge in [0, 0.05) is 48.4 Å². The van der Waals surface area contributed by atoms with Gasteiger partial charge in [0.15, 0.2) is 5.69 Å². The summed E-state index contributed by atoms with van der Waals surface area (Å²) < 4.78 is 1.20. The molecule has 1 heterocycles. The summed E-state index contributed by atoms with van der Waals surface area (Å²) in [4.78, 5) is 30.2. The molecule has 0 aliphatic heterocycles. The molecule has 2 rings (SSSR count). The van der Waals surface area contributed by atoms with Gasteiger partial charge in [-0.1, -0.05) is 66.0 Å². The first-order valence-corrected chi connectivity index (χ1v) is 18.1. The fourth-order valence-corrected chi connectivity index (χ4v) is 6.43. The Morgan fingerprint density at radius 1 is 0.959 bits per heavy atom. The van der Waals surface area contributed by atoms with Crippen molar-refractivity contribution in [2.45, 2.75) is 145 Å². The summed E-state index contributed by atoms with van der Waals surface area (Å²) in [6.07, 6.45) is 4.72. The SMILES string of the molecule is CCCC(C)C(CC)CN(CC(CC)NC(C)(C)C)C(=O)c1ccccc1N=Nc1c(C)c(C#N)c(O)n(CC(CC)NC(C)(C)C)c1=O. The molecule has 10 nitrogen and oxygen atoms in total. The van der Waals surface area contributed by atoms with Crippen molar-refractivity contribution in [1.82, 2.24) is 20.1 Å². The van der Waals surface area contributed by atoms with Crippen molar-refractivity contribution in [3.8, 4) is 11.9 Å². The van der Waals surface area contributed by atoms with Crippen LogP contribution >= 0.6 is 0 Å². The van der Waals surface area contributed by atoms with Crippen LogP contribution in [-0.2, 0) is 6.54 Å². The number of azo groups is 1. The minimum atomic E-state index is -0.549. The van der Waals surface area contributed by atoms with E-state index in [1.165, 1.54) is 4.57 Å². The van der Waals surface area contributed by atoms with Crippen molar-refractivity contribution < 1.29 is 9.90 Å². The van der Waals surface area contributed by atoms with Gasteiger partial charge < -0.3 is 20.6 Å². The van der Waals surface area contributed by atoms with E-state index in [9.17, 15) is 20.0 Å². The minimum absolute atomic E-state index is 0.0292. The number of nitrogens with one attached hydrogen (secondary N) is 2. The smallest absolute Gasteiger partial charge is 0.281 e. The number of hydrogen-bond acceptors (Lipinski definition) is 8. The van der Waals surface area contributed by atoms with Crippen LogP contribution in [0.3, 0.4) is 0 Å². The highest BCUT2D eigenvalue weighted by molar-refractivity contribution is 5.99. The summed E-state index contributed by atoms with van der Waals surface area (Å²) in [5, 5.41) is 36.9. The molecule has 0 radical (unpaired) electrons. The van der Waals surface area contributed by atoms with Gasteiger partial charge in [0.2, 0.25) is 5.88 Å². The summed E-state index contributed by atoms with van der Waals surface area (Å²) in [5.74, 6) is 0.284. The highest BCUT2D eigenvalue weighted by Gasteiger charge is 2.28. The van der Waals surface area contributed by atoms with Gasteiger partial charge in [-0.3, -0.25) is 14.2 Å². The molecule has 0 saturated carbocycles. The molecule has 2 aromatic rings. The Bertz CT molecular complexity index is 1510. The number of aromatic nitrogens is 1. The Morgan fingerprint density at radius 2 is 1.55 bits per heavy atom. The number of aromatic hydroxyl groups is 1. The molecule has 10 heteroatoms. The van der Waals surface area contributed by atoms with Gasteiger partial charge in [-0.15, -0.1) is 10.2 Å². The molecule has 1 aromatic carbocycles. The van der Waals surface area contributed by atoms with E-state index in [-0.39, 0.29) is 58.3 Å². The molecule has 4 unspecified atom stereocenters. The number of rotatable bonds is 17. The third-order valence-corrected chi connectivity index (χ3v) is 9.08. The zero-order valence-corrected chi connectivity index (χ0v) is 32.3. The number of benzene rings is 1. The van der Waals surface area contributed by atoms with Gasteiger partial charge in [-0.2, -0.15) is 5.26 Å². The van der Waals surface area contributed by atoms with Crippen LogP contribution in [0.25, 0.3) is 0 Å². The molecule has 0 fully saturated rings. The van der Waals surface area contributed by atoms with Crippen molar-refractivity contribution in [2.75, 3.05) is 13.1 Å². The number of hydrogen-bond donors (Lipinski definition) is 3. The zero-order valence-electron chi connectivity index (χ0n) is 32.3. The van der Waals surface area contributed by atoms with Crippen molar-refractivity contribution in [1.29, 1.82) is 5.26 Å². The molecule has 0 spiro atoms. The molecular formula is C39H63N7O3.